The number of hydrogen-bond acceptors (Lipinski definition) is 6. The van der Waals surface area contributed by atoms with E-state index in [2.05, 4.69) is 25.8 Å². The second-order valence-corrected chi connectivity index (χ2v) is 9.08. The van der Waals surface area contributed by atoms with Crippen molar-refractivity contribution in [1.29, 1.82) is 0 Å². The number of ether oxygens (including phenoxy) is 2. The van der Waals surface area contributed by atoms with Crippen LogP contribution in [0.1, 0.15) is 6.92 Å². The van der Waals surface area contributed by atoms with Gasteiger partial charge in [-0.05, 0) is 55.5 Å². The molecule has 2 aromatic carbocycles. The van der Waals surface area contributed by atoms with Crippen molar-refractivity contribution in [3.63, 3.8) is 0 Å². The van der Waals surface area contributed by atoms with Crippen molar-refractivity contribution < 1.29 is 17.9 Å². The molecule has 3 aromatic rings. The Hall–Kier alpha value is -2.69. The lowest BCUT2D eigenvalue weighted by molar-refractivity contribution is 0.331. The number of nitrogens with zero attached hydrogens (tertiary/aromatic N) is 2. The number of hydrogen-bond donors (Lipinski definition) is 1. The van der Waals surface area contributed by atoms with Crippen LogP contribution in [0.2, 0.25) is 0 Å². The van der Waals surface area contributed by atoms with E-state index in [0.717, 1.165) is 5.56 Å². The first-order chi connectivity index (χ1) is 14.8. The van der Waals surface area contributed by atoms with Crippen LogP contribution in [0.3, 0.4) is 0 Å². The summed E-state index contributed by atoms with van der Waals surface area (Å²) in [5.41, 5.74) is 1.08. The molecule has 31 heavy (non-hydrogen) atoms. The lowest BCUT2D eigenvalue weighted by Gasteiger charge is -2.13. The molecule has 164 valence electrons. The molecule has 0 amide bonds. The van der Waals surface area contributed by atoms with Crippen molar-refractivity contribution in [2.45, 2.75) is 18.4 Å². The Morgan fingerprint density at radius 3 is 2.52 bits per heavy atom. The number of sulfonamides is 1. The smallest absolute Gasteiger partial charge is 0.266 e. The highest BCUT2D eigenvalue weighted by Crippen LogP contribution is 2.27. The van der Waals surface area contributed by atoms with Crippen molar-refractivity contribution in [3.8, 4) is 22.8 Å². The molecule has 1 aromatic heterocycles. The maximum absolute atomic E-state index is 12.8. The number of rotatable bonds is 9. The topological polar surface area (TPSA) is 99.5 Å². The molecule has 0 unspecified atom stereocenters. The van der Waals surface area contributed by atoms with E-state index in [-0.39, 0.29) is 29.3 Å². The summed E-state index contributed by atoms with van der Waals surface area (Å²) in [5, 5.41) is 4.35. The fourth-order valence-corrected chi connectivity index (χ4v) is 4.56. The molecule has 0 atom stereocenters. The zero-order valence-electron chi connectivity index (χ0n) is 17.0. The predicted octanol–water partition coefficient (Wildman–Crippen LogP) is 3.06. The minimum atomic E-state index is -3.85. The van der Waals surface area contributed by atoms with Gasteiger partial charge < -0.3 is 9.47 Å². The molecule has 8 nitrogen and oxygen atoms in total. The summed E-state index contributed by atoms with van der Waals surface area (Å²) >= 11 is 3.28. The van der Waals surface area contributed by atoms with E-state index in [9.17, 15) is 13.2 Å². The van der Waals surface area contributed by atoms with Gasteiger partial charge in [-0.2, -0.15) is 5.10 Å². The Morgan fingerprint density at radius 1 is 1.10 bits per heavy atom. The predicted molar refractivity (Wildman–Crippen MR) is 121 cm³/mol. The van der Waals surface area contributed by atoms with Crippen molar-refractivity contribution in [1.82, 2.24) is 14.5 Å². The largest absolute Gasteiger partial charge is 0.497 e. The summed E-state index contributed by atoms with van der Waals surface area (Å²) in [4.78, 5) is 12.2. The molecular formula is C21H22BrN3O5S. The average molecular weight is 508 g/mol. The van der Waals surface area contributed by atoms with E-state index in [1.54, 1.807) is 44.4 Å². The van der Waals surface area contributed by atoms with E-state index in [1.807, 2.05) is 12.1 Å². The number of methoxy groups -OCH3 is 1. The summed E-state index contributed by atoms with van der Waals surface area (Å²) in [6, 6.07) is 15.1. The molecule has 0 aliphatic heterocycles. The fourth-order valence-electron chi connectivity index (χ4n) is 2.86. The lowest BCUT2D eigenvalue weighted by atomic mass is 10.1. The maximum atomic E-state index is 12.8. The molecule has 0 aliphatic carbocycles. The molecule has 0 radical (unpaired) electrons. The van der Waals surface area contributed by atoms with Crippen LogP contribution in [-0.4, -0.2) is 38.5 Å². The van der Waals surface area contributed by atoms with E-state index in [1.165, 1.54) is 16.8 Å². The van der Waals surface area contributed by atoms with E-state index < -0.39 is 10.0 Å². The van der Waals surface area contributed by atoms with Gasteiger partial charge in [0.25, 0.3) is 5.56 Å². The molecule has 0 spiro atoms. The Balaban J connectivity index is 1.75. The van der Waals surface area contributed by atoms with Crippen LogP contribution < -0.4 is 19.8 Å². The van der Waals surface area contributed by atoms with E-state index >= 15 is 0 Å². The molecule has 3 rings (SSSR count). The van der Waals surface area contributed by atoms with Gasteiger partial charge in [0.05, 0.1) is 26.0 Å². The van der Waals surface area contributed by atoms with Gasteiger partial charge in [0, 0.05) is 22.6 Å². The van der Waals surface area contributed by atoms with Crippen molar-refractivity contribution in [2.24, 2.45) is 0 Å². The van der Waals surface area contributed by atoms with Crippen molar-refractivity contribution in [3.05, 3.63) is 69.4 Å². The second-order valence-electron chi connectivity index (χ2n) is 6.43. The summed E-state index contributed by atoms with van der Waals surface area (Å²) in [6.07, 6.45) is 0. The van der Waals surface area contributed by atoms with Gasteiger partial charge in [-0.25, -0.2) is 17.8 Å². The number of nitrogens with one attached hydrogen (secondary N) is 1. The zero-order chi connectivity index (χ0) is 22.4. The maximum Gasteiger partial charge on any atom is 0.266 e. The summed E-state index contributed by atoms with van der Waals surface area (Å²) in [6.45, 7) is 2.17. The van der Waals surface area contributed by atoms with Gasteiger partial charge >= 0.3 is 0 Å². The molecule has 10 heteroatoms. The highest BCUT2D eigenvalue weighted by atomic mass is 79.9. The van der Waals surface area contributed by atoms with Gasteiger partial charge in [0.15, 0.2) is 0 Å². The van der Waals surface area contributed by atoms with Crippen LogP contribution in [0.5, 0.6) is 11.5 Å². The normalized spacial score (nSPS) is 11.3. The summed E-state index contributed by atoms with van der Waals surface area (Å²) in [7, 11) is -2.27. The fraction of sp³-hybridized carbons (Fsp3) is 0.238. The highest BCUT2D eigenvalue weighted by molar-refractivity contribution is 9.10. The van der Waals surface area contributed by atoms with Crippen LogP contribution in [0.4, 0.5) is 0 Å². The van der Waals surface area contributed by atoms with E-state index in [0.29, 0.717) is 22.5 Å². The van der Waals surface area contributed by atoms with E-state index in [4.69, 9.17) is 9.47 Å². The first kappa shape index (κ1) is 23.0. The van der Waals surface area contributed by atoms with Gasteiger partial charge in [-0.3, -0.25) is 4.79 Å². The summed E-state index contributed by atoms with van der Waals surface area (Å²) < 4.78 is 40.5. The van der Waals surface area contributed by atoms with Crippen LogP contribution in [0.25, 0.3) is 11.3 Å². The Labute approximate surface area is 189 Å². The molecule has 1 heterocycles. The third-order valence-corrected chi connectivity index (χ3v) is 6.34. The van der Waals surface area contributed by atoms with Gasteiger partial charge in [-0.1, -0.05) is 15.9 Å². The Morgan fingerprint density at radius 2 is 1.84 bits per heavy atom. The first-order valence-electron chi connectivity index (χ1n) is 9.48. The number of aromatic nitrogens is 2. The third-order valence-electron chi connectivity index (χ3n) is 4.36. The zero-order valence-corrected chi connectivity index (χ0v) is 19.4. The minimum absolute atomic E-state index is 0.0145. The monoisotopic (exact) mass is 507 g/mol. The minimum Gasteiger partial charge on any atom is -0.497 e. The van der Waals surface area contributed by atoms with Crippen LogP contribution in [0.15, 0.2) is 68.8 Å². The highest BCUT2D eigenvalue weighted by Gasteiger charge is 2.20. The van der Waals surface area contributed by atoms with Crippen molar-refractivity contribution in [2.75, 3.05) is 20.3 Å². The number of halogens is 1. The third kappa shape index (κ3) is 5.72. The molecule has 0 fully saturated rings. The standard InChI is InChI=1S/C21H22BrN3O5S/c1-3-30-19-10-6-16(22)14-20(19)31(27,28)23-12-13-25-21(26)11-9-18(24-25)15-4-7-17(29-2)8-5-15/h4-11,14,23H,3,12-13H2,1-2H3. The van der Waals surface area contributed by atoms with Crippen molar-refractivity contribution >= 4 is 26.0 Å². The van der Waals surface area contributed by atoms with Crippen LogP contribution in [0, 0.1) is 0 Å². The molecule has 0 aliphatic rings. The van der Waals surface area contributed by atoms with Gasteiger partial charge in [0.1, 0.15) is 16.4 Å². The van der Waals surface area contributed by atoms with Gasteiger partial charge in [0.2, 0.25) is 10.0 Å². The van der Waals surface area contributed by atoms with Gasteiger partial charge in [-0.15, -0.1) is 0 Å². The molecule has 0 bridgehead atoms. The molecule has 0 saturated heterocycles. The first-order valence-corrected chi connectivity index (χ1v) is 11.8. The average Bonchev–Trinajstić information content (AvgIpc) is 2.76. The van der Waals surface area contributed by atoms with Crippen LogP contribution >= 0.6 is 15.9 Å². The second kappa shape index (κ2) is 10.1. The summed E-state index contributed by atoms with van der Waals surface area (Å²) in [5.74, 6) is 0.973. The lowest BCUT2D eigenvalue weighted by Crippen LogP contribution is -2.32. The molecular weight excluding hydrogens is 486 g/mol. The SMILES string of the molecule is CCOc1ccc(Br)cc1S(=O)(=O)NCCn1nc(-c2ccc(OC)cc2)ccc1=O. The molecule has 1 N–H and O–H groups in total. The van der Waals surface area contributed by atoms with Crippen LogP contribution in [-0.2, 0) is 16.6 Å². The molecule has 0 saturated carbocycles. The Bertz CT molecular complexity index is 1210. The number of benzene rings is 2. The Kier molecular flexibility index (Phi) is 7.47. The quantitative estimate of drug-likeness (QED) is 0.477.